The molecule has 6 heteroatoms. The number of aliphatic carboxylic acids is 1. The molecule has 128 valence electrons. The molecule has 0 heterocycles. The Morgan fingerprint density at radius 3 is 2.17 bits per heavy atom. The van der Waals surface area contributed by atoms with Crippen molar-refractivity contribution < 1.29 is 19.4 Å². The molecule has 0 aliphatic rings. The molecule has 2 aromatic rings. The summed E-state index contributed by atoms with van der Waals surface area (Å²) >= 11 is 0. The van der Waals surface area contributed by atoms with E-state index in [1.54, 1.807) is 24.3 Å². The maximum absolute atomic E-state index is 12.4. The van der Waals surface area contributed by atoms with Crippen LogP contribution in [0.25, 0.3) is 0 Å². The third-order valence-corrected chi connectivity index (χ3v) is 5.36. The van der Waals surface area contributed by atoms with Crippen molar-refractivity contribution in [3.8, 4) is 0 Å². The molecule has 24 heavy (non-hydrogen) atoms. The molecule has 3 atom stereocenters. The van der Waals surface area contributed by atoms with E-state index >= 15 is 0 Å². The van der Waals surface area contributed by atoms with Gasteiger partial charge < -0.3 is 10.00 Å². The summed E-state index contributed by atoms with van der Waals surface area (Å²) in [5.41, 5.74) is 1.69. The molecule has 0 aliphatic carbocycles. The second kappa shape index (κ2) is 8.25. The van der Waals surface area contributed by atoms with Crippen LogP contribution < -0.4 is 5.09 Å². The highest BCUT2D eigenvalue weighted by Gasteiger charge is 2.29. The van der Waals surface area contributed by atoms with Crippen LogP contribution in [0.3, 0.4) is 0 Å². The molecule has 0 fully saturated rings. The number of carboxylic acid groups (broad SMARTS) is 1. The van der Waals surface area contributed by atoms with Gasteiger partial charge in [-0.2, -0.15) is 0 Å². The van der Waals surface area contributed by atoms with E-state index < -0.39 is 19.5 Å². The van der Waals surface area contributed by atoms with Gasteiger partial charge in [-0.05, 0) is 23.5 Å². The van der Waals surface area contributed by atoms with Crippen LogP contribution in [0.1, 0.15) is 30.4 Å². The first-order valence-corrected chi connectivity index (χ1v) is 9.63. The Balaban J connectivity index is 2.05. The number of hydrogen-bond donors (Lipinski definition) is 3. The van der Waals surface area contributed by atoms with Crippen LogP contribution in [0.4, 0.5) is 0 Å². The van der Waals surface area contributed by atoms with Crippen molar-refractivity contribution in [2.24, 2.45) is 0 Å². The van der Waals surface area contributed by atoms with Crippen molar-refractivity contribution >= 4 is 13.5 Å². The summed E-state index contributed by atoms with van der Waals surface area (Å²) < 4.78 is 12.4. The maximum Gasteiger partial charge on any atom is 0.321 e. The summed E-state index contributed by atoms with van der Waals surface area (Å²) in [4.78, 5) is 21.7. The van der Waals surface area contributed by atoms with Crippen molar-refractivity contribution in [2.75, 3.05) is 0 Å². The van der Waals surface area contributed by atoms with Crippen molar-refractivity contribution in [1.82, 2.24) is 5.09 Å². The van der Waals surface area contributed by atoms with Crippen LogP contribution in [0, 0.1) is 0 Å². The van der Waals surface area contributed by atoms with Crippen LogP contribution in [0.2, 0.25) is 0 Å². The van der Waals surface area contributed by atoms with E-state index in [1.165, 1.54) is 0 Å². The number of rotatable bonds is 8. The first-order chi connectivity index (χ1) is 11.4. The largest absolute Gasteiger partial charge is 0.480 e. The van der Waals surface area contributed by atoms with Crippen LogP contribution in [-0.2, 0) is 15.5 Å². The summed E-state index contributed by atoms with van der Waals surface area (Å²) in [6.07, 6.45) is 0.135. The second-order valence-electron chi connectivity index (χ2n) is 5.91. The standard InChI is InChI=1S/C18H22NO4P/c1-14(16-10-6-3-7-11-16)12-17(18(20)21)19-24(22,23)13-15-8-4-2-5-9-15/h2-11,14,17H,12-13H2,1H3,(H,20,21)(H2,19,22,23). The molecule has 0 radical (unpaired) electrons. The fourth-order valence-corrected chi connectivity index (χ4v) is 4.10. The lowest BCUT2D eigenvalue weighted by molar-refractivity contribution is -0.139. The molecule has 0 saturated heterocycles. The Labute approximate surface area is 141 Å². The van der Waals surface area contributed by atoms with Crippen molar-refractivity contribution in [2.45, 2.75) is 31.5 Å². The fourth-order valence-electron chi connectivity index (χ4n) is 2.60. The van der Waals surface area contributed by atoms with Gasteiger partial charge in [0.2, 0.25) is 0 Å². The van der Waals surface area contributed by atoms with Crippen molar-refractivity contribution in [3.63, 3.8) is 0 Å². The molecule has 5 nitrogen and oxygen atoms in total. The van der Waals surface area contributed by atoms with E-state index in [1.807, 2.05) is 43.3 Å². The molecule has 0 bridgehead atoms. The highest BCUT2D eigenvalue weighted by Crippen LogP contribution is 2.41. The van der Waals surface area contributed by atoms with Crippen molar-refractivity contribution in [1.29, 1.82) is 0 Å². The highest BCUT2D eigenvalue weighted by molar-refractivity contribution is 7.55. The lowest BCUT2D eigenvalue weighted by atomic mass is 9.94. The number of nitrogens with one attached hydrogen (secondary N) is 1. The zero-order valence-electron chi connectivity index (χ0n) is 13.5. The van der Waals surface area contributed by atoms with Crippen LogP contribution >= 0.6 is 7.52 Å². The molecule has 0 spiro atoms. The minimum Gasteiger partial charge on any atom is -0.480 e. The first-order valence-electron chi connectivity index (χ1n) is 7.78. The monoisotopic (exact) mass is 347 g/mol. The molecule has 0 aliphatic heterocycles. The van der Waals surface area contributed by atoms with Gasteiger partial charge in [0.05, 0.1) is 6.16 Å². The first kappa shape index (κ1) is 18.4. The average Bonchev–Trinajstić information content (AvgIpc) is 2.55. The lowest BCUT2D eigenvalue weighted by Gasteiger charge is -2.22. The summed E-state index contributed by atoms with van der Waals surface area (Å²) in [5.74, 6) is -1.17. The van der Waals surface area contributed by atoms with E-state index in [9.17, 15) is 19.4 Å². The summed E-state index contributed by atoms with van der Waals surface area (Å²) in [6.45, 7) is 1.91. The van der Waals surface area contributed by atoms with Crippen LogP contribution in [0.15, 0.2) is 60.7 Å². The molecule has 0 aromatic heterocycles. The molecule has 2 aromatic carbocycles. The van der Waals surface area contributed by atoms with Gasteiger partial charge in [0.1, 0.15) is 6.04 Å². The zero-order chi connectivity index (χ0) is 17.6. The molecule has 2 rings (SSSR count). The molecular weight excluding hydrogens is 325 g/mol. The predicted octanol–water partition coefficient (Wildman–Crippen LogP) is 3.61. The Morgan fingerprint density at radius 1 is 1.08 bits per heavy atom. The van der Waals surface area contributed by atoms with Crippen molar-refractivity contribution in [3.05, 3.63) is 71.8 Å². The third kappa shape index (κ3) is 5.60. The van der Waals surface area contributed by atoms with E-state index in [-0.39, 0.29) is 18.5 Å². The summed E-state index contributed by atoms with van der Waals surface area (Å²) in [6, 6.07) is 17.3. The van der Waals surface area contributed by atoms with Gasteiger partial charge in [0, 0.05) is 0 Å². The number of hydrogen-bond acceptors (Lipinski definition) is 2. The van der Waals surface area contributed by atoms with Gasteiger partial charge in [-0.3, -0.25) is 9.36 Å². The van der Waals surface area contributed by atoms with E-state index in [2.05, 4.69) is 5.09 Å². The molecule has 0 saturated carbocycles. The summed E-state index contributed by atoms with van der Waals surface area (Å²) in [7, 11) is -3.80. The average molecular weight is 347 g/mol. The lowest BCUT2D eigenvalue weighted by Crippen LogP contribution is -2.36. The van der Waals surface area contributed by atoms with Gasteiger partial charge in [-0.15, -0.1) is 0 Å². The van der Waals surface area contributed by atoms with E-state index in [0.717, 1.165) is 5.56 Å². The number of carboxylic acids is 1. The Kier molecular flexibility index (Phi) is 6.32. The van der Waals surface area contributed by atoms with Gasteiger partial charge in [0.25, 0.3) is 7.52 Å². The number of benzene rings is 2. The van der Waals surface area contributed by atoms with Gasteiger partial charge in [-0.25, -0.2) is 5.09 Å². The fraction of sp³-hybridized carbons (Fsp3) is 0.278. The Morgan fingerprint density at radius 2 is 1.62 bits per heavy atom. The topological polar surface area (TPSA) is 86.6 Å². The highest BCUT2D eigenvalue weighted by atomic mass is 31.2. The molecule has 3 N–H and O–H groups in total. The quantitative estimate of drug-likeness (QED) is 0.635. The summed E-state index contributed by atoms with van der Waals surface area (Å²) in [5, 5.41) is 11.9. The normalized spacial score (nSPS) is 16.1. The maximum atomic E-state index is 12.4. The Bertz CT molecular complexity index is 705. The van der Waals surface area contributed by atoms with Crippen LogP contribution in [0.5, 0.6) is 0 Å². The molecular formula is C18H22NO4P. The Hall–Kier alpha value is -1.94. The smallest absolute Gasteiger partial charge is 0.321 e. The zero-order valence-corrected chi connectivity index (χ0v) is 14.4. The molecule has 0 amide bonds. The minimum absolute atomic E-state index is 0.0449. The third-order valence-electron chi connectivity index (χ3n) is 3.85. The van der Waals surface area contributed by atoms with Gasteiger partial charge in [-0.1, -0.05) is 67.6 Å². The van der Waals surface area contributed by atoms with Gasteiger partial charge in [0.15, 0.2) is 0 Å². The van der Waals surface area contributed by atoms with E-state index in [0.29, 0.717) is 5.56 Å². The minimum atomic E-state index is -3.80. The van der Waals surface area contributed by atoms with Crippen LogP contribution in [-0.4, -0.2) is 22.0 Å². The second-order valence-corrected chi connectivity index (χ2v) is 7.89. The van der Waals surface area contributed by atoms with E-state index in [4.69, 9.17) is 0 Å². The van der Waals surface area contributed by atoms with Gasteiger partial charge >= 0.3 is 5.97 Å². The predicted molar refractivity (Wildman–Crippen MR) is 94.0 cm³/mol. The number of carbonyl (C=O) groups is 1. The SMILES string of the molecule is CC(CC(NP(=O)(O)Cc1ccccc1)C(=O)O)c1ccccc1. The molecule has 3 unspecified atom stereocenters.